The summed E-state index contributed by atoms with van der Waals surface area (Å²) in [7, 11) is 0. The number of hydrogen-bond acceptors (Lipinski definition) is 3. The second-order valence-corrected chi connectivity index (χ2v) is 3.72. The van der Waals surface area contributed by atoms with Crippen LogP contribution < -0.4 is 5.32 Å². The summed E-state index contributed by atoms with van der Waals surface area (Å²) in [5.74, 6) is -0.189. The Morgan fingerprint density at radius 3 is 2.44 bits per heavy atom. The maximum Gasteiger partial charge on any atom is 0.328 e. The summed E-state index contributed by atoms with van der Waals surface area (Å²) < 4.78 is 4.99. The molecule has 3 nitrogen and oxygen atoms in total. The molecule has 1 N–H and O–H groups in total. The molecular weight excluding hydrogens is 202 g/mol. The van der Waals surface area contributed by atoms with Gasteiger partial charge < -0.3 is 10.1 Å². The van der Waals surface area contributed by atoms with Crippen LogP contribution in [0.15, 0.2) is 24.3 Å². The van der Waals surface area contributed by atoms with Crippen molar-refractivity contribution in [1.29, 1.82) is 0 Å². The highest BCUT2D eigenvalue weighted by Crippen LogP contribution is 2.12. The fourth-order valence-electron chi connectivity index (χ4n) is 1.42. The monoisotopic (exact) mass is 221 g/mol. The molecule has 0 saturated heterocycles. The molecule has 1 rings (SSSR count). The Morgan fingerprint density at radius 2 is 1.94 bits per heavy atom. The highest BCUT2D eigenvalue weighted by molar-refractivity contribution is 5.79. The first-order valence-corrected chi connectivity index (χ1v) is 5.67. The van der Waals surface area contributed by atoms with E-state index in [1.54, 1.807) is 0 Å². The minimum atomic E-state index is -0.261. The highest BCUT2D eigenvalue weighted by atomic mass is 16.5. The van der Waals surface area contributed by atoms with E-state index >= 15 is 0 Å². The van der Waals surface area contributed by atoms with Crippen LogP contribution in [0.5, 0.6) is 0 Å². The molecule has 0 aliphatic rings. The lowest BCUT2D eigenvalue weighted by molar-refractivity contribution is -0.144. The van der Waals surface area contributed by atoms with Gasteiger partial charge in [0.2, 0.25) is 0 Å². The SMILES string of the molecule is CCOC(=O)C(CC)Nc1ccc(C)cc1. The van der Waals surface area contributed by atoms with E-state index in [9.17, 15) is 4.79 Å². The molecule has 16 heavy (non-hydrogen) atoms. The van der Waals surface area contributed by atoms with E-state index in [1.807, 2.05) is 45.0 Å². The van der Waals surface area contributed by atoms with E-state index in [2.05, 4.69) is 5.32 Å². The number of rotatable bonds is 5. The van der Waals surface area contributed by atoms with Gasteiger partial charge in [-0.15, -0.1) is 0 Å². The molecule has 1 aromatic rings. The Kier molecular flexibility index (Phi) is 4.83. The van der Waals surface area contributed by atoms with Gasteiger partial charge in [0.05, 0.1) is 6.61 Å². The average molecular weight is 221 g/mol. The van der Waals surface area contributed by atoms with Crippen LogP contribution in [0.4, 0.5) is 5.69 Å². The standard InChI is InChI=1S/C13H19NO2/c1-4-12(13(15)16-5-2)14-11-8-6-10(3)7-9-11/h6-9,12,14H,4-5H2,1-3H3. The Balaban J connectivity index is 2.62. The van der Waals surface area contributed by atoms with Crippen molar-refractivity contribution in [2.24, 2.45) is 0 Å². The molecule has 0 radical (unpaired) electrons. The van der Waals surface area contributed by atoms with Crippen molar-refractivity contribution in [3.05, 3.63) is 29.8 Å². The molecule has 0 amide bonds. The summed E-state index contributed by atoms with van der Waals surface area (Å²) >= 11 is 0. The third-order valence-electron chi connectivity index (χ3n) is 2.37. The molecule has 0 heterocycles. The van der Waals surface area contributed by atoms with Crippen LogP contribution in [0.1, 0.15) is 25.8 Å². The van der Waals surface area contributed by atoms with Crippen LogP contribution in [-0.4, -0.2) is 18.6 Å². The van der Waals surface area contributed by atoms with Gasteiger partial charge in [-0.2, -0.15) is 0 Å². The van der Waals surface area contributed by atoms with E-state index in [0.29, 0.717) is 13.0 Å². The van der Waals surface area contributed by atoms with Crippen LogP contribution in [-0.2, 0) is 9.53 Å². The van der Waals surface area contributed by atoms with Crippen molar-refractivity contribution < 1.29 is 9.53 Å². The summed E-state index contributed by atoms with van der Waals surface area (Å²) in [6.45, 7) is 6.23. The normalized spacial score (nSPS) is 11.9. The molecule has 0 saturated carbocycles. The lowest BCUT2D eigenvalue weighted by Gasteiger charge is -2.16. The number of benzene rings is 1. The zero-order valence-electron chi connectivity index (χ0n) is 10.1. The number of esters is 1. The number of anilines is 1. The predicted molar refractivity (Wildman–Crippen MR) is 65.5 cm³/mol. The van der Waals surface area contributed by atoms with Gasteiger partial charge in [-0.1, -0.05) is 24.6 Å². The molecule has 0 aromatic heterocycles. The predicted octanol–water partition coefficient (Wildman–Crippen LogP) is 2.75. The lowest BCUT2D eigenvalue weighted by Crippen LogP contribution is -2.30. The van der Waals surface area contributed by atoms with Gasteiger partial charge in [-0.3, -0.25) is 0 Å². The fourth-order valence-corrected chi connectivity index (χ4v) is 1.42. The topological polar surface area (TPSA) is 38.3 Å². The summed E-state index contributed by atoms with van der Waals surface area (Å²) in [6, 6.07) is 7.71. The minimum Gasteiger partial charge on any atom is -0.464 e. The van der Waals surface area contributed by atoms with Gasteiger partial charge in [-0.05, 0) is 32.4 Å². The maximum absolute atomic E-state index is 11.6. The summed E-state index contributed by atoms with van der Waals surface area (Å²) in [4.78, 5) is 11.6. The number of carbonyl (C=O) groups excluding carboxylic acids is 1. The number of hydrogen-bond donors (Lipinski definition) is 1. The maximum atomic E-state index is 11.6. The zero-order chi connectivity index (χ0) is 12.0. The van der Waals surface area contributed by atoms with Gasteiger partial charge in [0.25, 0.3) is 0 Å². The summed E-state index contributed by atoms with van der Waals surface area (Å²) in [5, 5.41) is 3.17. The Morgan fingerprint density at radius 1 is 1.31 bits per heavy atom. The van der Waals surface area contributed by atoms with Crippen LogP contribution in [0.3, 0.4) is 0 Å². The van der Waals surface area contributed by atoms with Crippen molar-refractivity contribution >= 4 is 11.7 Å². The molecule has 1 aromatic carbocycles. The van der Waals surface area contributed by atoms with Crippen molar-refractivity contribution in [3.8, 4) is 0 Å². The smallest absolute Gasteiger partial charge is 0.328 e. The van der Waals surface area contributed by atoms with E-state index in [-0.39, 0.29) is 12.0 Å². The average Bonchev–Trinajstić information content (AvgIpc) is 2.28. The number of carbonyl (C=O) groups is 1. The first kappa shape index (κ1) is 12.6. The number of aryl methyl sites for hydroxylation is 1. The molecular formula is C13H19NO2. The largest absolute Gasteiger partial charge is 0.464 e. The van der Waals surface area contributed by atoms with Gasteiger partial charge in [0.1, 0.15) is 6.04 Å². The zero-order valence-corrected chi connectivity index (χ0v) is 10.1. The second-order valence-electron chi connectivity index (χ2n) is 3.72. The Hall–Kier alpha value is -1.51. The van der Waals surface area contributed by atoms with Gasteiger partial charge in [-0.25, -0.2) is 4.79 Å². The molecule has 3 heteroatoms. The molecule has 0 aliphatic heterocycles. The number of ether oxygens (including phenoxy) is 1. The molecule has 88 valence electrons. The third-order valence-corrected chi connectivity index (χ3v) is 2.37. The molecule has 0 aliphatic carbocycles. The van der Waals surface area contributed by atoms with E-state index < -0.39 is 0 Å². The minimum absolute atomic E-state index is 0.189. The van der Waals surface area contributed by atoms with Gasteiger partial charge in [0, 0.05) is 5.69 Å². The van der Waals surface area contributed by atoms with E-state index in [0.717, 1.165) is 5.69 Å². The van der Waals surface area contributed by atoms with E-state index in [4.69, 9.17) is 4.74 Å². The molecule has 0 fully saturated rings. The first-order valence-electron chi connectivity index (χ1n) is 5.67. The summed E-state index contributed by atoms with van der Waals surface area (Å²) in [5.41, 5.74) is 2.15. The van der Waals surface area contributed by atoms with Gasteiger partial charge >= 0.3 is 5.97 Å². The quantitative estimate of drug-likeness (QED) is 0.777. The molecule has 0 bridgehead atoms. The molecule has 1 unspecified atom stereocenters. The van der Waals surface area contributed by atoms with E-state index in [1.165, 1.54) is 5.56 Å². The lowest BCUT2D eigenvalue weighted by atomic mass is 10.2. The van der Waals surface area contributed by atoms with Crippen LogP contribution in [0, 0.1) is 6.92 Å². The van der Waals surface area contributed by atoms with Gasteiger partial charge in [0.15, 0.2) is 0 Å². The van der Waals surface area contributed by atoms with Crippen molar-refractivity contribution in [1.82, 2.24) is 0 Å². The highest BCUT2D eigenvalue weighted by Gasteiger charge is 2.16. The second kappa shape index (κ2) is 6.16. The first-order chi connectivity index (χ1) is 7.67. The Labute approximate surface area is 96.8 Å². The van der Waals surface area contributed by atoms with Crippen LogP contribution in [0.25, 0.3) is 0 Å². The van der Waals surface area contributed by atoms with Crippen LogP contribution in [0.2, 0.25) is 0 Å². The fraction of sp³-hybridized carbons (Fsp3) is 0.462. The van der Waals surface area contributed by atoms with Crippen LogP contribution >= 0.6 is 0 Å². The van der Waals surface area contributed by atoms with Crippen molar-refractivity contribution in [2.45, 2.75) is 33.2 Å². The summed E-state index contributed by atoms with van der Waals surface area (Å²) in [6.07, 6.45) is 0.715. The molecule has 0 spiro atoms. The van der Waals surface area contributed by atoms with Crippen molar-refractivity contribution in [2.75, 3.05) is 11.9 Å². The number of nitrogens with one attached hydrogen (secondary N) is 1. The Bertz CT molecular complexity index is 332. The van der Waals surface area contributed by atoms with Crippen molar-refractivity contribution in [3.63, 3.8) is 0 Å². The molecule has 1 atom stereocenters. The third kappa shape index (κ3) is 3.57.